The predicted octanol–water partition coefficient (Wildman–Crippen LogP) is 0.580. The molecule has 1 aromatic rings. The molecule has 88 valence electrons. The summed E-state index contributed by atoms with van der Waals surface area (Å²) in [7, 11) is 0. The molecule has 0 aliphatic rings. The van der Waals surface area contributed by atoms with Gasteiger partial charge < -0.3 is 15.5 Å². The van der Waals surface area contributed by atoms with Crippen molar-refractivity contribution in [2.45, 2.75) is 6.10 Å². The second-order valence-corrected chi connectivity index (χ2v) is 4.31. The zero-order valence-corrected chi connectivity index (χ0v) is 10.5. The Morgan fingerprint density at radius 1 is 1.69 bits per heavy atom. The molecule has 3 N–H and O–H groups in total. The first-order valence-corrected chi connectivity index (χ1v) is 5.60. The Morgan fingerprint density at radius 2 is 2.38 bits per heavy atom. The Kier molecular flexibility index (Phi) is 5.14. The lowest BCUT2D eigenvalue weighted by molar-refractivity contribution is 0.0802. The summed E-state index contributed by atoms with van der Waals surface area (Å²) in [5.74, 6) is -0.452. The van der Waals surface area contributed by atoms with Crippen LogP contribution in [0.15, 0.2) is 16.7 Å². The average Bonchev–Trinajstić information content (AvgIpc) is 2.28. The van der Waals surface area contributed by atoms with Gasteiger partial charge in [-0.1, -0.05) is 11.6 Å². The zero-order chi connectivity index (χ0) is 12.1. The van der Waals surface area contributed by atoms with E-state index in [9.17, 15) is 4.79 Å². The minimum absolute atomic E-state index is 0.0435. The van der Waals surface area contributed by atoms with Crippen LogP contribution in [-0.4, -0.2) is 40.4 Å². The molecule has 1 aromatic heterocycles. The van der Waals surface area contributed by atoms with Crippen LogP contribution >= 0.6 is 27.5 Å². The molecule has 1 rings (SSSR count). The lowest BCUT2D eigenvalue weighted by Crippen LogP contribution is -2.34. The summed E-state index contributed by atoms with van der Waals surface area (Å²) >= 11 is 8.90. The monoisotopic (exact) mass is 308 g/mol. The highest BCUT2D eigenvalue weighted by Gasteiger charge is 2.13. The lowest BCUT2D eigenvalue weighted by Gasteiger charge is -2.09. The van der Waals surface area contributed by atoms with Crippen molar-refractivity contribution in [3.05, 3.63) is 27.5 Å². The summed E-state index contributed by atoms with van der Waals surface area (Å²) in [6.07, 6.45) is 0.490. The van der Waals surface area contributed by atoms with Crippen molar-refractivity contribution in [3.63, 3.8) is 0 Å². The van der Waals surface area contributed by atoms with Crippen molar-refractivity contribution in [1.82, 2.24) is 10.3 Å². The van der Waals surface area contributed by atoms with Crippen molar-refractivity contribution in [2.24, 2.45) is 0 Å². The van der Waals surface area contributed by atoms with Crippen LogP contribution in [0.25, 0.3) is 0 Å². The predicted molar refractivity (Wildman–Crippen MR) is 62.4 cm³/mol. The maximum Gasteiger partial charge on any atom is 0.254 e. The van der Waals surface area contributed by atoms with Crippen molar-refractivity contribution in [3.8, 4) is 0 Å². The topological polar surface area (TPSA) is 82.5 Å². The van der Waals surface area contributed by atoms with Gasteiger partial charge in [0.25, 0.3) is 5.91 Å². The summed E-state index contributed by atoms with van der Waals surface area (Å²) in [5, 5.41) is 20.1. The first-order chi connectivity index (χ1) is 7.54. The van der Waals surface area contributed by atoms with Gasteiger partial charge in [0.2, 0.25) is 0 Å². The Morgan fingerprint density at radius 3 is 3.00 bits per heavy atom. The number of aromatic nitrogens is 1. The van der Waals surface area contributed by atoms with Gasteiger partial charge in [0.15, 0.2) is 0 Å². The number of aliphatic hydroxyl groups excluding tert-OH is 2. The molecule has 0 fully saturated rings. The van der Waals surface area contributed by atoms with Gasteiger partial charge in [0.1, 0.15) is 5.15 Å². The fraction of sp³-hybridized carbons (Fsp3) is 0.333. The van der Waals surface area contributed by atoms with Crippen molar-refractivity contribution >= 4 is 33.4 Å². The number of carbonyl (C=O) groups is 1. The normalized spacial score (nSPS) is 12.2. The van der Waals surface area contributed by atoms with Crippen molar-refractivity contribution in [1.29, 1.82) is 0 Å². The Bertz CT molecular complexity index is 389. The number of rotatable bonds is 4. The minimum atomic E-state index is -0.983. The molecule has 0 aliphatic carbocycles. The molecule has 1 atom stereocenters. The summed E-state index contributed by atoms with van der Waals surface area (Å²) in [6.45, 7) is -0.455. The summed E-state index contributed by atoms with van der Waals surface area (Å²) < 4.78 is 0.629. The van der Waals surface area contributed by atoms with Crippen LogP contribution in [0.1, 0.15) is 10.4 Å². The van der Waals surface area contributed by atoms with Gasteiger partial charge in [-0.3, -0.25) is 4.79 Å². The summed E-state index contributed by atoms with van der Waals surface area (Å²) in [6, 6.07) is 1.52. The van der Waals surface area contributed by atoms with E-state index in [0.717, 1.165) is 0 Å². The number of carbonyl (C=O) groups excluding carboxylic acids is 1. The number of pyridine rings is 1. The molecule has 0 saturated carbocycles. The maximum absolute atomic E-state index is 11.6. The van der Waals surface area contributed by atoms with Gasteiger partial charge in [-0.05, 0) is 22.0 Å². The molecule has 0 radical (unpaired) electrons. The molecular formula is C9H10BrClN2O3. The summed E-state index contributed by atoms with van der Waals surface area (Å²) in [5.41, 5.74) is 0.209. The quantitative estimate of drug-likeness (QED) is 0.711. The van der Waals surface area contributed by atoms with E-state index >= 15 is 0 Å². The van der Waals surface area contributed by atoms with Crippen molar-refractivity contribution < 1.29 is 15.0 Å². The Hall–Kier alpha value is -0.690. The molecule has 0 bridgehead atoms. The van der Waals surface area contributed by atoms with E-state index in [0.29, 0.717) is 4.47 Å². The number of amides is 1. The molecule has 7 heteroatoms. The average molecular weight is 310 g/mol. The number of hydrogen-bond donors (Lipinski definition) is 3. The highest BCUT2D eigenvalue weighted by atomic mass is 79.9. The van der Waals surface area contributed by atoms with Gasteiger partial charge in [-0.15, -0.1) is 0 Å². The number of nitrogens with one attached hydrogen (secondary N) is 1. The van der Waals surface area contributed by atoms with Gasteiger partial charge in [0, 0.05) is 17.2 Å². The van der Waals surface area contributed by atoms with E-state index in [1.54, 1.807) is 0 Å². The van der Waals surface area contributed by atoms with Crippen LogP contribution in [-0.2, 0) is 0 Å². The van der Waals surface area contributed by atoms with E-state index in [-0.39, 0.29) is 17.3 Å². The van der Waals surface area contributed by atoms with Crippen LogP contribution in [0.2, 0.25) is 5.15 Å². The fourth-order valence-corrected chi connectivity index (χ4v) is 1.47. The molecule has 0 aliphatic heterocycles. The Balaban J connectivity index is 2.69. The first kappa shape index (κ1) is 13.4. The highest BCUT2D eigenvalue weighted by Crippen LogP contribution is 2.17. The first-order valence-electron chi connectivity index (χ1n) is 4.42. The molecule has 0 aromatic carbocycles. The van der Waals surface area contributed by atoms with E-state index < -0.39 is 18.6 Å². The number of nitrogens with zero attached hydrogens (tertiary/aromatic N) is 1. The summed E-state index contributed by atoms with van der Waals surface area (Å²) in [4.78, 5) is 15.4. The Labute approximate surface area is 106 Å². The number of halogens is 2. The molecule has 1 heterocycles. The third-order valence-electron chi connectivity index (χ3n) is 1.76. The number of aliphatic hydroxyl groups is 2. The van der Waals surface area contributed by atoms with Crippen LogP contribution in [0, 0.1) is 0 Å². The van der Waals surface area contributed by atoms with E-state index in [1.807, 2.05) is 0 Å². The third-order valence-corrected chi connectivity index (χ3v) is 2.49. The maximum atomic E-state index is 11.6. The molecule has 0 saturated heterocycles. The second kappa shape index (κ2) is 6.15. The number of hydrogen-bond acceptors (Lipinski definition) is 4. The zero-order valence-electron chi connectivity index (χ0n) is 8.15. The SMILES string of the molecule is O=C(NCC(O)CO)c1cc(Br)cnc1Cl. The smallest absolute Gasteiger partial charge is 0.254 e. The fourth-order valence-electron chi connectivity index (χ4n) is 0.952. The van der Waals surface area contributed by atoms with Crippen LogP contribution in [0.5, 0.6) is 0 Å². The van der Waals surface area contributed by atoms with Crippen LogP contribution < -0.4 is 5.32 Å². The third kappa shape index (κ3) is 3.71. The molecule has 1 unspecified atom stereocenters. The second-order valence-electron chi connectivity index (χ2n) is 3.04. The van der Waals surface area contributed by atoms with Crippen molar-refractivity contribution in [2.75, 3.05) is 13.2 Å². The van der Waals surface area contributed by atoms with Gasteiger partial charge in [-0.2, -0.15) is 0 Å². The van der Waals surface area contributed by atoms with Gasteiger partial charge >= 0.3 is 0 Å². The lowest BCUT2D eigenvalue weighted by atomic mass is 10.2. The van der Waals surface area contributed by atoms with E-state index in [4.69, 9.17) is 21.8 Å². The van der Waals surface area contributed by atoms with Crippen LogP contribution in [0.4, 0.5) is 0 Å². The molecule has 0 spiro atoms. The molecule has 1 amide bonds. The van der Waals surface area contributed by atoms with Crippen LogP contribution in [0.3, 0.4) is 0 Å². The molecule has 16 heavy (non-hydrogen) atoms. The van der Waals surface area contributed by atoms with E-state index in [1.165, 1.54) is 12.3 Å². The van der Waals surface area contributed by atoms with E-state index in [2.05, 4.69) is 26.2 Å². The highest BCUT2D eigenvalue weighted by molar-refractivity contribution is 9.10. The minimum Gasteiger partial charge on any atom is -0.394 e. The van der Waals surface area contributed by atoms with Gasteiger partial charge in [-0.25, -0.2) is 4.98 Å². The molecular weight excluding hydrogens is 299 g/mol. The van der Waals surface area contributed by atoms with Gasteiger partial charge in [0.05, 0.1) is 18.3 Å². The standard InChI is InChI=1S/C9H10BrClN2O3/c10-5-1-7(8(11)12-2-5)9(16)13-3-6(15)4-14/h1-2,6,14-15H,3-4H2,(H,13,16). The largest absolute Gasteiger partial charge is 0.394 e. The molecule has 5 nitrogen and oxygen atoms in total.